The quantitative estimate of drug-likeness (QED) is 0.376. The molecule has 0 unspecified atom stereocenters. The Labute approximate surface area is 169 Å². The number of ether oxygens (including phenoxy) is 1. The van der Waals surface area contributed by atoms with Crippen molar-refractivity contribution in [2.45, 2.75) is 19.9 Å². The van der Waals surface area contributed by atoms with Gasteiger partial charge in [-0.25, -0.2) is 9.59 Å². The minimum Gasteiger partial charge on any atom is -0.443 e. The average Bonchev–Trinajstić information content (AvgIpc) is 2.73. The molecule has 0 atom stereocenters. The summed E-state index contributed by atoms with van der Waals surface area (Å²) in [5.74, 6) is 0. The largest absolute Gasteiger partial charge is 0.443 e. The Morgan fingerprint density at radius 1 is 1.03 bits per heavy atom. The Kier molecular flexibility index (Phi) is 6.87. The van der Waals surface area contributed by atoms with E-state index >= 15 is 0 Å². The van der Waals surface area contributed by atoms with Gasteiger partial charge in [0, 0.05) is 24.7 Å². The molecule has 1 N–H and O–H groups in total. The second-order valence-electron chi connectivity index (χ2n) is 6.54. The van der Waals surface area contributed by atoms with Crippen LogP contribution in [0.5, 0.6) is 0 Å². The summed E-state index contributed by atoms with van der Waals surface area (Å²) in [5.41, 5.74) is 4.58. The van der Waals surface area contributed by atoms with Gasteiger partial charge < -0.3 is 4.74 Å². The highest BCUT2D eigenvalue weighted by molar-refractivity contribution is 5.84. The number of rotatable bonds is 7. The molecule has 6 heteroatoms. The zero-order valence-corrected chi connectivity index (χ0v) is 16.2. The third-order valence-corrected chi connectivity index (χ3v) is 4.45. The molecular weight excluding hydrogens is 366 g/mol. The number of carbonyl (C=O) groups excluding carboxylic acids is 2. The van der Waals surface area contributed by atoms with E-state index in [1.54, 1.807) is 12.1 Å². The van der Waals surface area contributed by atoms with Crippen LogP contribution < -0.4 is 9.88 Å². The van der Waals surface area contributed by atoms with Gasteiger partial charge in [-0.15, -0.1) is 0 Å². The van der Waals surface area contributed by atoms with Gasteiger partial charge in [0.2, 0.25) is 6.08 Å². The molecule has 146 valence electrons. The SMILES string of the molecule is Cc1cccc[n+]1CCOC(=O)Nc1ccc(Cc2ccc(N=C=O)cc2)cc1. The fourth-order valence-electron chi connectivity index (χ4n) is 2.89. The first-order chi connectivity index (χ1) is 14.1. The predicted octanol–water partition coefficient (Wildman–Crippen LogP) is 4.09. The molecule has 0 saturated carbocycles. The minimum atomic E-state index is -0.474. The van der Waals surface area contributed by atoms with Crippen molar-refractivity contribution in [2.75, 3.05) is 11.9 Å². The smallest absolute Gasteiger partial charge is 0.411 e. The number of isocyanates is 1. The fourth-order valence-corrected chi connectivity index (χ4v) is 2.89. The fraction of sp³-hybridized carbons (Fsp3) is 0.174. The van der Waals surface area contributed by atoms with Crippen molar-refractivity contribution in [1.29, 1.82) is 0 Å². The lowest BCUT2D eigenvalue weighted by Gasteiger charge is -2.08. The summed E-state index contributed by atoms with van der Waals surface area (Å²) in [7, 11) is 0. The van der Waals surface area contributed by atoms with Crippen molar-refractivity contribution in [3.8, 4) is 0 Å². The number of carbonyl (C=O) groups is 1. The molecule has 3 aromatic rings. The second kappa shape index (κ2) is 9.97. The number of amides is 1. The van der Waals surface area contributed by atoms with Crippen LogP contribution >= 0.6 is 0 Å². The van der Waals surface area contributed by atoms with Gasteiger partial charge in [-0.05, 0) is 41.8 Å². The van der Waals surface area contributed by atoms with Gasteiger partial charge in [0.1, 0.15) is 0 Å². The summed E-state index contributed by atoms with van der Waals surface area (Å²) in [5, 5.41) is 2.74. The standard InChI is InChI=1S/C23H21N3O3/c1-18-4-2-3-13-26(18)14-15-29-23(28)25-22-11-7-20(8-12-22)16-19-5-9-21(10-6-19)24-17-27/h2-13H,14-16H2,1H3/p+1. The molecule has 0 fully saturated rings. The Bertz CT molecular complexity index is 1010. The van der Waals surface area contributed by atoms with Gasteiger partial charge in [-0.1, -0.05) is 30.3 Å². The molecular formula is C23H22N3O3+. The van der Waals surface area contributed by atoms with Crippen molar-refractivity contribution in [1.82, 2.24) is 0 Å². The lowest BCUT2D eigenvalue weighted by atomic mass is 10.0. The van der Waals surface area contributed by atoms with Gasteiger partial charge in [0.25, 0.3) is 0 Å². The molecule has 1 heterocycles. The van der Waals surface area contributed by atoms with Gasteiger partial charge in [-0.3, -0.25) is 5.32 Å². The molecule has 0 aliphatic carbocycles. The van der Waals surface area contributed by atoms with Crippen molar-refractivity contribution in [3.05, 3.63) is 89.7 Å². The van der Waals surface area contributed by atoms with Gasteiger partial charge >= 0.3 is 6.09 Å². The summed E-state index contributed by atoms with van der Waals surface area (Å²) in [6.45, 7) is 2.91. The van der Waals surface area contributed by atoms with Crippen LogP contribution in [-0.4, -0.2) is 18.8 Å². The third kappa shape index (κ3) is 6.13. The van der Waals surface area contributed by atoms with E-state index in [1.807, 2.05) is 72.3 Å². The predicted molar refractivity (Wildman–Crippen MR) is 110 cm³/mol. The van der Waals surface area contributed by atoms with Crippen molar-refractivity contribution in [2.24, 2.45) is 4.99 Å². The Morgan fingerprint density at radius 3 is 2.38 bits per heavy atom. The van der Waals surface area contributed by atoms with Gasteiger partial charge in [0.05, 0.1) is 5.69 Å². The second-order valence-corrected chi connectivity index (χ2v) is 6.54. The Balaban J connectivity index is 1.47. The van der Waals surface area contributed by atoms with Crippen LogP contribution in [-0.2, 0) is 22.5 Å². The number of pyridine rings is 1. The Hall–Kier alpha value is -3.76. The van der Waals surface area contributed by atoms with Gasteiger partial charge in [-0.2, -0.15) is 9.56 Å². The molecule has 0 bridgehead atoms. The Morgan fingerprint density at radius 2 is 1.72 bits per heavy atom. The maximum atomic E-state index is 12.0. The number of anilines is 1. The van der Waals surface area contributed by atoms with Crippen molar-refractivity contribution >= 4 is 23.5 Å². The van der Waals surface area contributed by atoms with Crippen LogP contribution in [0.25, 0.3) is 0 Å². The number of benzene rings is 2. The van der Waals surface area contributed by atoms with Crippen LogP contribution in [0.3, 0.4) is 0 Å². The van der Waals surface area contributed by atoms with E-state index in [1.165, 1.54) is 6.08 Å². The maximum absolute atomic E-state index is 12.0. The molecule has 29 heavy (non-hydrogen) atoms. The normalized spacial score (nSPS) is 10.1. The summed E-state index contributed by atoms with van der Waals surface area (Å²) >= 11 is 0. The third-order valence-electron chi connectivity index (χ3n) is 4.45. The molecule has 0 aliphatic heterocycles. The highest BCUT2D eigenvalue weighted by atomic mass is 16.5. The summed E-state index contributed by atoms with van der Waals surface area (Å²) < 4.78 is 7.28. The molecule has 0 spiro atoms. The number of aromatic nitrogens is 1. The van der Waals surface area contributed by atoms with Gasteiger partial charge in [0.15, 0.2) is 25.0 Å². The highest BCUT2D eigenvalue weighted by Crippen LogP contribution is 2.17. The molecule has 0 saturated heterocycles. The van der Waals surface area contributed by atoms with Crippen molar-refractivity contribution in [3.63, 3.8) is 0 Å². The van der Waals surface area contributed by atoms with Crippen LogP contribution in [0.15, 0.2) is 77.9 Å². The van der Waals surface area contributed by atoms with E-state index in [0.717, 1.165) is 23.2 Å². The van der Waals surface area contributed by atoms with Crippen LogP contribution in [0.2, 0.25) is 0 Å². The van der Waals surface area contributed by atoms with Crippen LogP contribution in [0.1, 0.15) is 16.8 Å². The lowest BCUT2D eigenvalue weighted by Crippen LogP contribution is -2.39. The van der Waals surface area contributed by atoms with E-state index in [2.05, 4.69) is 10.3 Å². The minimum absolute atomic E-state index is 0.295. The number of nitrogens with zero attached hydrogens (tertiary/aromatic N) is 2. The lowest BCUT2D eigenvalue weighted by molar-refractivity contribution is -0.703. The summed E-state index contributed by atoms with van der Waals surface area (Å²) in [6.07, 6.45) is 3.75. The number of aliphatic imine (C=N–C) groups is 1. The first-order valence-corrected chi connectivity index (χ1v) is 9.28. The van der Waals surface area contributed by atoms with E-state index in [4.69, 9.17) is 4.74 Å². The van der Waals surface area contributed by atoms with E-state index in [-0.39, 0.29) is 0 Å². The van der Waals surface area contributed by atoms with Crippen LogP contribution in [0.4, 0.5) is 16.2 Å². The topological polar surface area (TPSA) is 71.6 Å². The molecule has 3 rings (SSSR count). The van der Waals surface area contributed by atoms with Crippen LogP contribution in [0, 0.1) is 6.92 Å². The number of hydrogen-bond acceptors (Lipinski definition) is 4. The number of nitrogens with one attached hydrogen (secondary N) is 1. The molecule has 0 aliphatic rings. The monoisotopic (exact) mass is 388 g/mol. The first-order valence-electron chi connectivity index (χ1n) is 9.28. The molecule has 0 radical (unpaired) electrons. The van der Waals surface area contributed by atoms with E-state index in [0.29, 0.717) is 24.5 Å². The molecule has 6 nitrogen and oxygen atoms in total. The van der Waals surface area contributed by atoms with E-state index < -0.39 is 6.09 Å². The highest BCUT2D eigenvalue weighted by Gasteiger charge is 2.08. The van der Waals surface area contributed by atoms with E-state index in [9.17, 15) is 9.59 Å². The molecule has 1 aromatic heterocycles. The maximum Gasteiger partial charge on any atom is 0.411 e. The molecule has 2 aromatic carbocycles. The zero-order valence-electron chi connectivity index (χ0n) is 16.2. The first kappa shape index (κ1) is 20.0. The number of aryl methyl sites for hydroxylation is 1. The van der Waals surface area contributed by atoms with Crippen molar-refractivity contribution < 1.29 is 18.9 Å². The summed E-state index contributed by atoms with van der Waals surface area (Å²) in [6, 6.07) is 20.9. The molecule has 1 amide bonds. The number of hydrogen-bond donors (Lipinski definition) is 1. The summed E-state index contributed by atoms with van der Waals surface area (Å²) in [4.78, 5) is 25.8. The average molecular weight is 388 g/mol. The zero-order chi connectivity index (χ0) is 20.5.